The Morgan fingerprint density at radius 2 is 1.90 bits per heavy atom. The maximum Gasteiger partial charge on any atom is 0.274 e. The van der Waals surface area contributed by atoms with Gasteiger partial charge in [-0.15, -0.1) is 11.3 Å². The molecule has 5 rings (SSSR count). The van der Waals surface area contributed by atoms with E-state index in [9.17, 15) is 9.59 Å². The van der Waals surface area contributed by atoms with Crippen molar-refractivity contribution in [2.45, 2.75) is 6.54 Å². The number of amides is 1. The molecular formula is C24H17N3O3S. The Morgan fingerprint density at radius 3 is 2.74 bits per heavy atom. The molecule has 0 spiro atoms. The molecule has 0 atom stereocenters. The van der Waals surface area contributed by atoms with E-state index in [0.29, 0.717) is 17.4 Å². The number of thiophene rings is 1. The number of nitrogens with one attached hydrogen (secondary N) is 1. The highest BCUT2D eigenvalue weighted by atomic mass is 32.1. The van der Waals surface area contributed by atoms with Crippen LogP contribution in [0.4, 0.5) is 0 Å². The van der Waals surface area contributed by atoms with Crippen LogP contribution in [0.3, 0.4) is 0 Å². The molecule has 3 aromatic carbocycles. The first kappa shape index (κ1) is 19.2. The van der Waals surface area contributed by atoms with Gasteiger partial charge in [0.1, 0.15) is 0 Å². The Labute approximate surface area is 181 Å². The highest BCUT2D eigenvalue weighted by molar-refractivity contribution is 7.22. The molecule has 0 fully saturated rings. The fourth-order valence-corrected chi connectivity index (χ4v) is 4.68. The second kappa shape index (κ2) is 7.79. The van der Waals surface area contributed by atoms with Crippen molar-refractivity contribution in [2.24, 2.45) is 0 Å². The van der Waals surface area contributed by atoms with Crippen molar-refractivity contribution < 1.29 is 10.0 Å². The predicted molar refractivity (Wildman–Crippen MR) is 122 cm³/mol. The van der Waals surface area contributed by atoms with Crippen LogP contribution in [0, 0.1) is 0 Å². The zero-order valence-electron chi connectivity index (χ0n) is 16.3. The number of fused-ring (bicyclic) bond motifs is 2. The van der Waals surface area contributed by atoms with Crippen LogP contribution in [0.25, 0.3) is 31.4 Å². The van der Waals surface area contributed by atoms with Crippen molar-refractivity contribution in [2.75, 3.05) is 0 Å². The lowest BCUT2D eigenvalue weighted by atomic mass is 10.1. The van der Waals surface area contributed by atoms with Gasteiger partial charge < -0.3 is 0 Å². The van der Waals surface area contributed by atoms with Gasteiger partial charge in [0.15, 0.2) is 0 Å². The number of hydrogen-bond acceptors (Lipinski definition) is 5. The van der Waals surface area contributed by atoms with Gasteiger partial charge in [-0.2, -0.15) is 0 Å². The van der Waals surface area contributed by atoms with E-state index in [0.717, 1.165) is 11.1 Å². The maximum atomic E-state index is 13.0. The quantitative estimate of drug-likeness (QED) is 0.328. The summed E-state index contributed by atoms with van der Waals surface area (Å²) in [4.78, 5) is 30.2. The second-order valence-electron chi connectivity index (χ2n) is 7.20. The Bertz CT molecular complexity index is 1470. The molecule has 0 radical (unpaired) electrons. The summed E-state index contributed by atoms with van der Waals surface area (Å²) in [7, 11) is 0. The summed E-state index contributed by atoms with van der Waals surface area (Å²) in [6, 6.07) is 23.1. The Balaban J connectivity index is 1.51. The molecule has 2 N–H and O–H groups in total. The van der Waals surface area contributed by atoms with Gasteiger partial charge >= 0.3 is 0 Å². The molecule has 1 amide bonds. The number of benzene rings is 3. The molecule has 5 aromatic rings. The monoisotopic (exact) mass is 427 g/mol. The fraction of sp³-hybridized carbons (Fsp3) is 0.0417. The van der Waals surface area contributed by atoms with Crippen LogP contribution in [0.2, 0.25) is 0 Å². The lowest BCUT2D eigenvalue weighted by molar-refractivity contribution is 0.0706. The Kier molecular flexibility index (Phi) is 4.82. The van der Waals surface area contributed by atoms with E-state index in [1.165, 1.54) is 38.0 Å². The minimum Gasteiger partial charge on any atom is -0.294 e. The molecule has 0 saturated heterocycles. The second-order valence-corrected chi connectivity index (χ2v) is 8.28. The number of carbonyl (C=O) groups is 1. The first-order valence-corrected chi connectivity index (χ1v) is 10.5. The van der Waals surface area contributed by atoms with Gasteiger partial charge in [-0.1, -0.05) is 36.4 Å². The van der Waals surface area contributed by atoms with E-state index < -0.39 is 5.91 Å². The third-order valence-electron chi connectivity index (χ3n) is 5.18. The van der Waals surface area contributed by atoms with Crippen LogP contribution in [0.5, 0.6) is 0 Å². The van der Waals surface area contributed by atoms with Crippen molar-refractivity contribution in [3.05, 3.63) is 101 Å². The minimum absolute atomic E-state index is 0.193. The highest BCUT2D eigenvalue weighted by Crippen LogP contribution is 2.33. The number of aromatic nitrogens is 2. The van der Waals surface area contributed by atoms with Crippen LogP contribution in [0.15, 0.2) is 83.9 Å². The molecule has 0 unspecified atom stereocenters. The molecule has 0 aliphatic rings. The predicted octanol–water partition coefficient (Wildman–Crippen LogP) is 4.45. The normalized spacial score (nSPS) is 11.1. The standard InChI is InChI=1S/C24H17N3O3S/c28-23(26-30)18-8-9-20-19(11-18)24(29)27(14-25-20)13-15-4-3-6-16(10-15)22-12-17-5-1-2-7-21(17)31-22/h1-12,14,30H,13H2,(H,26,28). The van der Waals surface area contributed by atoms with E-state index in [1.54, 1.807) is 22.9 Å². The lowest BCUT2D eigenvalue weighted by Gasteiger charge is -2.09. The molecule has 0 saturated carbocycles. The van der Waals surface area contributed by atoms with Crippen molar-refractivity contribution in [3.8, 4) is 10.4 Å². The zero-order chi connectivity index (χ0) is 21.4. The van der Waals surface area contributed by atoms with Gasteiger partial charge in [0.25, 0.3) is 11.5 Å². The maximum absolute atomic E-state index is 13.0. The lowest BCUT2D eigenvalue weighted by Crippen LogP contribution is -2.23. The van der Waals surface area contributed by atoms with E-state index in [1.807, 2.05) is 24.3 Å². The summed E-state index contributed by atoms with van der Waals surface area (Å²) in [5, 5.41) is 10.4. The topological polar surface area (TPSA) is 84.2 Å². The van der Waals surface area contributed by atoms with Crippen LogP contribution >= 0.6 is 11.3 Å². The average Bonchev–Trinajstić information content (AvgIpc) is 3.25. The third kappa shape index (κ3) is 3.61. The molecule has 2 aromatic heterocycles. The fourth-order valence-electron chi connectivity index (χ4n) is 3.62. The first-order valence-electron chi connectivity index (χ1n) is 9.64. The van der Waals surface area contributed by atoms with Crippen molar-refractivity contribution in [3.63, 3.8) is 0 Å². The molecule has 0 bridgehead atoms. The largest absolute Gasteiger partial charge is 0.294 e. The van der Waals surface area contributed by atoms with Crippen molar-refractivity contribution in [1.82, 2.24) is 15.0 Å². The Morgan fingerprint density at radius 1 is 1.03 bits per heavy atom. The van der Waals surface area contributed by atoms with Gasteiger partial charge in [0.2, 0.25) is 0 Å². The van der Waals surface area contributed by atoms with E-state index >= 15 is 0 Å². The molecule has 2 heterocycles. The summed E-state index contributed by atoms with van der Waals surface area (Å²) in [6.07, 6.45) is 1.52. The summed E-state index contributed by atoms with van der Waals surface area (Å²) in [6.45, 7) is 0.358. The Hall–Kier alpha value is -3.81. The molecule has 152 valence electrons. The van der Waals surface area contributed by atoms with Crippen molar-refractivity contribution in [1.29, 1.82) is 0 Å². The van der Waals surface area contributed by atoms with E-state index in [4.69, 9.17) is 5.21 Å². The van der Waals surface area contributed by atoms with Crippen LogP contribution in [-0.2, 0) is 6.54 Å². The van der Waals surface area contributed by atoms with E-state index in [-0.39, 0.29) is 11.1 Å². The summed E-state index contributed by atoms with van der Waals surface area (Å²) in [5.74, 6) is -0.673. The number of nitrogens with zero attached hydrogens (tertiary/aromatic N) is 2. The van der Waals surface area contributed by atoms with E-state index in [2.05, 4.69) is 35.3 Å². The smallest absolute Gasteiger partial charge is 0.274 e. The van der Waals surface area contributed by atoms with Crippen LogP contribution < -0.4 is 11.0 Å². The molecule has 6 nitrogen and oxygen atoms in total. The number of hydroxylamine groups is 1. The van der Waals surface area contributed by atoms with Gasteiger partial charge in [0, 0.05) is 15.1 Å². The highest BCUT2D eigenvalue weighted by Gasteiger charge is 2.11. The molecule has 0 aliphatic heterocycles. The van der Waals surface area contributed by atoms with Gasteiger partial charge in [-0.25, -0.2) is 10.5 Å². The van der Waals surface area contributed by atoms with Crippen molar-refractivity contribution >= 4 is 38.2 Å². The van der Waals surface area contributed by atoms with Gasteiger partial charge in [-0.05, 0) is 52.9 Å². The number of carbonyl (C=O) groups excluding carboxylic acids is 1. The zero-order valence-corrected chi connectivity index (χ0v) is 17.1. The summed E-state index contributed by atoms with van der Waals surface area (Å²) < 4.78 is 2.76. The average molecular weight is 427 g/mol. The number of rotatable bonds is 4. The van der Waals surface area contributed by atoms with Crippen LogP contribution in [0.1, 0.15) is 15.9 Å². The molecule has 31 heavy (non-hydrogen) atoms. The summed E-state index contributed by atoms with van der Waals surface area (Å²) in [5.41, 5.74) is 4.10. The molecule has 0 aliphatic carbocycles. The number of hydrogen-bond donors (Lipinski definition) is 2. The minimum atomic E-state index is -0.673. The van der Waals surface area contributed by atoms with Gasteiger partial charge in [-0.3, -0.25) is 19.4 Å². The first-order chi connectivity index (χ1) is 15.1. The van der Waals surface area contributed by atoms with Gasteiger partial charge in [0.05, 0.1) is 23.8 Å². The third-order valence-corrected chi connectivity index (χ3v) is 6.34. The molecule has 7 heteroatoms. The molecular weight excluding hydrogens is 410 g/mol. The SMILES string of the molecule is O=C(NO)c1ccc2ncn(Cc3cccc(-c4cc5ccccc5s4)c3)c(=O)c2c1. The summed E-state index contributed by atoms with van der Waals surface area (Å²) >= 11 is 1.74. The van der Waals surface area contributed by atoms with Crippen LogP contribution in [-0.4, -0.2) is 20.7 Å².